The van der Waals surface area contributed by atoms with Gasteiger partial charge in [-0.2, -0.15) is 0 Å². The molecule has 1 aromatic rings. The number of carbonyl (C=O) groups excluding carboxylic acids is 2. The minimum atomic E-state index is -0.475. The Morgan fingerprint density at radius 3 is 2.39 bits per heavy atom. The minimum Gasteiger partial charge on any atom is -0.481 e. The summed E-state index contributed by atoms with van der Waals surface area (Å²) in [5.74, 6) is 0.467. The number of ether oxygens (including phenoxy) is 2. The number of rotatable bonds is 6. The van der Waals surface area contributed by atoms with Crippen molar-refractivity contribution in [2.24, 2.45) is 5.92 Å². The summed E-state index contributed by atoms with van der Waals surface area (Å²) in [6, 6.07) is 9.39. The summed E-state index contributed by atoms with van der Waals surface area (Å²) in [6.45, 7) is 5.31. The molecule has 0 spiro atoms. The maximum atomic E-state index is 12.6. The Labute approximate surface area is 137 Å². The summed E-state index contributed by atoms with van der Waals surface area (Å²) in [6.07, 6.45) is 1.46. The van der Waals surface area contributed by atoms with Crippen LogP contribution in [0.15, 0.2) is 30.3 Å². The van der Waals surface area contributed by atoms with Gasteiger partial charge >= 0.3 is 5.97 Å². The van der Waals surface area contributed by atoms with E-state index in [0.29, 0.717) is 44.7 Å². The van der Waals surface area contributed by atoms with E-state index in [-0.39, 0.29) is 17.8 Å². The first-order valence-electron chi connectivity index (χ1n) is 8.32. The van der Waals surface area contributed by atoms with Gasteiger partial charge in [-0.05, 0) is 38.3 Å². The second-order valence-corrected chi connectivity index (χ2v) is 5.68. The van der Waals surface area contributed by atoms with Crippen LogP contribution in [-0.4, -0.2) is 42.6 Å². The molecule has 1 atom stereocenters. The molecule has 0 bridgehead atoms. The lowest BCUT2D eigenvalue weighted by Gasteiger charge is -2.33. The van der Waals surface area contributed by atoms with Crippen LogP contribution >= 0.6 is 0 Å². The van der Waals surface area contributed by atoms with Gasteiger partial charge in [-0.25, -0.2) is 0 Å². The summed E-state index contributed by atoms with van der Waals surface area (Å²) in [7, 11) is 0. The standard InChI is InChI=1S/C18H25NO4/c1-3-16(23-15-8-6-5-7-9-15)17(20)19-12-10-14(11-13-19)18(21)22-4-2/h5-9,14,16H,3-4,10-13H2,1-2H3. The zero-order valence-electron chi connectivity index (χ0n) is 13.9. The zero-order valence-corrected chi connectivity index (χ0v) is 13.9. The van der Waals surface area contributed by atoms with Crippen molar-refractivity contribution >= 4 is 11.9 Å². The van der Waals surface area contributed by atoms with Crippen LogP contribution in [0, 0.1) is 5.92 Å². The van der Waals surface area contributed by atoms with Gasteiger partial charge in [-0.15, -0.1) is 0 Å². The van der Waals surface area contributed by atoms with E-state index in [1.807, 2.05) is 44.2 Å². The fourth-order valence-corrected chi connectivity index (χ4v) is 2.77. The van der Waals surface area contributed by atoms with Crippen molar-refractivity contribution in [3.05, 3.63) is 30.3 Å². The molecule has 0 aromatic heterocycles. The van der Waals surface area contributed by atoms with Gasteiger partial charge in [-0.3, -0.25) is 9.59 Å². The van der Waals surface area contributed by atoms with Gasteiger partial charge in [0.05, 0.1) is 12.5 Å². The highest BCUT2D eigenvalue weighted by Crippen LogP contribution is 2.21. The van der Waals surface area contributed by atoms with E-state index in [1.165, 1.54) is 0 Å². The number of para-hydroxylation sites is 1. The van der Waals surface area contributed by atoms with Crippen molar-refractivity contribution in [3.63, 3.8) is 0 Å². The molecule has 1 aliphatic heterocycles. The number of hydrogen-bond acceptors (Lipinski definition) is 4. The van der Waals surface area contributed by atoms with Crippen LogP contribution in [0.2, 0.25) is 0 Å². The normalized spacial score (nSPS) is 16.7. The van der Waals surface area contributed by atoms with E-state index in [9.17, 15) is 9.59 Å². The minimum absolute atomic E-state index is 0.00124. The Bertz CT molecular complexity index is 509. The van der Waals surface area contributed by atoms with Crippen molar-refractivity contribution in [1.82, 2.24) is 4.90 Å². The van der Waals surface area contributed by atoms with E-state index in [2.05, 4.69) is 0 Å². The number of piperidine rings is 1. The lowest BCUT2D eigenvalue weighted by atomic mass is 9.96. The molecule has 0 radical (unpaired) electrons. The third-order valence-corrected chi connectivity index (χ3v) is 4.09. The summed E-state index contributed by atoms with van der Waals surface area (Å²) < 4.78 is 10.9. The summed E-state index contributed by atoms with van der Waals surface area (Å²) in [5, 5.41) is 0. The molecule has 1 amide bonds. The zero-order chi connectivity index (χ0) is 16.7. The highest BCUT2D eigenvalue weighted by Gasteiger charge is 2.31. The highest BCUT2D eigenvalue weighted by atomic mass is 16.5. The number of benzene rings is 1. The van der Waals surface area contributed by atoms with Crippen molar-refractivity contribution in [3.8, 4) is 5.75 Å². The Balaban J connectivity index is 1.88. The quantitative estimate of drug-likeness (QED) is 0.756. The van der Waals surface area contributed by atoms with Crippen molar-refractivity contribution in [2.45, 2.75) is 39.2 Å². The third-order valence-electron chi connectivity index (χ3n) is 4.09. The van der Waals surface area contributed by atoms with Gasteiger partial charge in [0.1, 0.15) is 5.75 Å². The van der Waals surface area contributed by atoms with Gasteiger partial charge in [0, 0.05) is 13.1 Å². The molecular weight excluding hydrogens is 294 g/mol. The Hall–Kier alpha value is -2.04. The maximum absolute atomic E-state index is 12.6. The molecule has 23 heavy (non-hydrogen) atoms. The molecule has 1 fully saturated rings. The van der Waals surface area contributed by atoms with Crippen LogP contribution in [0.4, 0.5) is 0 Å². The number of nitrogens with zero attached hydrogens (tertiary/aromatic N) is 1. The monoisotopic (exact) mass is 319 g/mol. The summed E-state index contributed by atoms with van der Waals surface area (Å²) in [4.78, 5) is 26.2. The van der Waals surface area contributed by atoms with Crippen LogP contribution < -0.4 is 4.74 Å². The molecule has 1 heterocycles. The fourth-order valence-electron chi connectivity index (χ4n) is 2.77. The van der Waals surface area contributed by atoms with Gasteiger partial charge in [0.25, 0.3) is 5.91 Å². The van der Waals surface area contributed by atoms with Gasteiger partial charge in [-0.1, -0.05) is 25.1 Å². The SMILES string of the molecule is CCOC(=O)C1CCN(C(=O)C(CC)Oc2ccccc2)CC1. The smallest absolute Gasteiger partial charge is 0.309 e. The Kier molecular flexibility index (Phi) is 6.44. The van der Waals surface area contributed by atoms with Crippen molar-refractivity contribution < 1.29 is 19.1 Å². The molecule has 1 aliphatic rings. The predicted octanol–water partition coefficient (Wildman–Crippen LogP) is 2.65. The summed E-state index contributed by atoms with van der Waals surface area (Å²) in [5.41, 5.74) is 0. The topological polar surface area (TPSA) is 55.8 Å². The molecule has 0 N–H and O–H groups in total. The molecule has 1 saturated heterocycles. The Morgan fingerprint density at radius 1 is 1.17 bits per heavy atom. The van der Waals surface area contributed by atoms with Gasteiger partial charge in [0.15, 0.2) is 6.10 Å². The van der Waals surface area contributed by atoms with Gasteiger partial charge in [0.2, 0.25) is 0 Å². The highest BCUT2D eigenvalue weighted by molar-refractivity contribution is 5.81. The van der Waals surface area contributed by atoms with Crippen LogP contribution in [-0.2, 0) is 14.3 Å². The molecule has 126 valence electrons. The van der Waals surface area contributed by atoms with Crippen molar-refractivity contribution in [1.29, 1.82) is 0 Å². The third kappa shape index (κ3) is 4.71. The van der Waals surface area contributed by atoms with E-state index in [1.54, 1.807) is 4.90 Å². The summed E-state index contributed by atoms with van der Waals surface area (Å²) >= 11 is 0. The molecule has 0 saturated carbocycles. The average Bonchev–Trinajstić information content (AvgIpc) is 2.60. The van der Waals surface area contributed by atoms with Crippen molar-refractivity contribution in [2.75, 3.05) is 19.7 Å². The van der Waals surface area contributed by atoms with E-state index in [0.717, 1.165) is 0 Å². The predicted molar refractivity (Wildman–Crippen MR) is 87.1 cm³/mol. The first kappa shape index (κ1) is 17.3. The maximum Gasteiger partial charge on any atom is 0.309 e. The molecule has 5 heteroatoms. The fraction of sp³-hybridized carbons (Fsp3) is 0.556. The van der Waals surface area contributed by atoms with Crippen LogP contribution in [0.3, 0.4) is 0 Å². The molecule has 0 aliphatic carbocycles. The first-order chi connectivity index (χ1) is 11.2. The number of likely N-dealkylation sites (tertiary alicyclic amines) is 1. The van der Waals surface area contributed by atoms with E-state index >= 15 is 0 Å². The molecule has 5 nitrogen and oxygen atoms in total. The first-order valence-corrected chi connectivity index (χ1v) is 8.32. The largest absolute Gasteiger partial charge is 0.481 e. The molecule has 1 aromatic carbocycles. The molecular formula is C18H25NO4. The lowest BCUT2D eigenvalue weighted by molar-refractivity contribution is -0.152. The lowest BCUT2D eigenvalue weighted by Crippen LogP contribution is -2.46. The number of hydrogen-bond donors (Lipinski definition) is 0. The number of amides is 1. The van der Waals surface area contributed by atoms with Crippen LogP contribution in [0.5, 0.6) is 5.75 Å². The average molecular weight is 319 g/mol. The van der Waals surface area contributed by atoms with Gasteiger partial charge < -0.3 is 14.4 Å². The second kappa shape index (κ2) is 8.56. The van der Waals surface area contributed by atoms with Crippen LogP contribution in [0.25, 0.3) is 0 Å². The Morgan fingerprint density at radius 2 is 1.83 bits per heavy atom. The van der Waals surface area contributed by atoms with Crippen LogP contribution in [0.1, 0.15) is 33.1 Å². The second-order valence-electron chi connectivity index (χ2n) is 5.68. The number of carbonyl (C=O) groups is 2. The van der Waals surface area contributed by atoms with E-state index in [4.69, 9.17) is 9.47 Å². The molecule has 1 unspecified atom stereocenters. The van der Waals surface area contributed by atoms with E-state index < -0.39 is 6.10 Å². The molecule has 2 rings (SSSR count). The number of esters is 1.